The lowest BCUT2D eigenvalue weighted by atomic mass is 10.1. The molecule has 2 atom stereocenters. The maximum absolute atomic E-state index is 12.1. The summed E-state index contributed by atoms with van der Waals surface area (Å²) in [5.74, 6) is -0.683. The molecule has 3 N–H and O–H groups in total. The van der Waals surface area contributed by atoms with E-state index < -0.39 is 18.0 Å². The van der Waals surface area contributed by atoms with Gasteiger partial charge in [-0.25, -0.2) is 4.79 Å². The number of hydrogen-bond donors (Lipinski definition) is 3. The number of alkyl carbamates (subject to hydrolysis) is 1. The van der Waals surface area contributed by atoms with Crippen molar-refractivity contribution in [3.05, 3.63) is 29.8 Å². The predicted octanol–water partition coefficient (Wildman–Crippen LogP) is -0.0267. The van der Waals surface area contributed by atoms with Crippen LogP contribution in [-0.2, 0) is 20.7 Å². The number of carbonyl (C=O) groups is 3. The lowest BCUT2D eigenvalue weighted by Gasteiger charge is -2.20. The number of ether oxygens (including phenoxy) is 1. The lowest BCUT2D eigenvalue weighted by molar-refractivity contribution is -0.885. The summed E-state index contributed by atoms with van der Waals surface area (Å²) >= 11 is 0. The average molecular weight is 322 g/mol. The van der Waals surface area contributed by atoms with Crippen molar-refractivity contribution in [2.45, 2.75) is 26.3 Å². The number of nitrogens with one attached hydrogen (secondary N) is 3. The van der Waals surface area contributed by atoms with E-state index in [0.29, 0.717) is 4.90 Å². The fourth-order valence-corrected chi connectivity index (χ4v) is 2.03. The minimum Gasteiger partial charge on any atom is -0.453 e. The monoisotopic (exact) mass is 322 g/mol. The van der Waals surface area contributed by atoms with Gasteiger partial charge in [-0.05, 0) is 25.0 Å². The Morgan fingerprint density at radius 2 is 1.91 bits per heavy atom. The van der Waals surface area contributed by atoms with Crippen LogP contribution in [0.15, 0.2) is 24.3 Å². The van der Waals surface area contributed by atoms with Gasteiger partial charge < -0.3 is 15.0 Å². The molecular weight excluding hydrogens is 298 g/mol. The highest BCUT2D eigenvalue weighted by Gasteiger charge is 2.25. The number of hydrogen-bond acceptors (Lipinski definition) is 4. The molecule has 0 radical (unpaired) electrons. The second kappa shape index (κ2) is 8.89. The van der Waals surface area contributed by atoms with Crippen molar-refractivity contribution in [1.82, 2.24) is 5.32 Å². The minimum atomic E-state index is -0.809. The zero-order chi connectivity index (χ0) is 17.4. The number of rotatable bonds is 6. The third-order valence-corrected chi connectivity index (χ3v) is 3.65. The number of imide groups is 1. The molecule has 7 heteroatoms. The van der Waals surface area contributed by atoms with Gasteiger partial charge >= 0.3 is 6.09 Å². The van der Waals surface area contributed by atoms with Crippen molar-refractivity contribution in [1.29, 1.82) is 0 Å². The molecule has 0 aliphatic heterocycles. The van der Waals surface area contributed by atoms with Gasteiger partial charge in [0.2, 0.25) is 0 Å². The summed E-state index contributed by atoms with van der Waals surface area (Å²) in [4.78, 5) is 35.7. The number of para-hydroxylation sites is 1. The van der Waals surface area contributed by atoms with Crippen LogP contribution < -0.4 is 15.5 Å². The van der Waals surface area contributed by atoms with Crippen LogP contribution in [0, 0.1) is 0 Å². The molecule has 0 spiro atoms. The van der Waals surface area contributed by atoms with Gasteiger partial charge in [0, 0.05) is 5.69 Å². The van der Waals surface area contributed by atoms with Gasteiger partial charge in [-0.2, -0.15) is 0 Å². The predicted molar refractivity (Wildman–Crippen MR) is 86.2 cm³/mol. The fraction of sp³-hybridized carbons (Fsp3) is 0.438. The van der Waals surface area contributed by atoms with Crippen LogP contribution in [0.5, 0.6) is 0 Å². The maximum atomic E-state index is 12.1. The number of likely N-dealkylation sites (N-methyl/N-ethyl adjacent to an activating group) is 1. The van der Waals surface area contributed by atoms with Crippen molar-refractivity contribution in [2.24, 2.45) is 0 Å². The van der Waals surface area contributed by atoms with Crippen molar-refractivity contribution in [2.75, 3.05) is 26.0 Å². The standard InChI is InChI=1S/C16H23N3O4/c1-5-12-8-6-7-9-13(12)17-14(20)10-19(3)11(2)15(21)18-16(22)23-4/h6-9,11H,5,10H2,1-4H3,(H,17,20)(H,18,21,22)/p+1/t11-/m0/s1. The number of aryl methyl sites for hydroxylation is 1. The van der Waals surface area contributed by atoms with Crippen LogP contribution in [0.1, 0.15) is 19.4 Å². The van der Waals surface area contributed by atoms with Gasteiger partial charge in [0.25, 0.3) is 11.8 Å². The summed E-state index contributed by atoms with van der Waals surface area (Å²) in [5, 5.41) is 4.95. The second-order valence-electron chi connectivity index (χ2n) is 5.28. The van der Waals surface area contributed by atoms with Gasteiger partial charge in [0.1, 0.15) is 0 Å². The number of methoxy groups -OCH3 is 1. The first-order valence-corrected chi connectivity index (χ1v) is 7.47. The molecule has 1 unspecified atom stereocenters. The van der Waals surface area contributed by atoms with Gasteiger partial charge in [-0.3, -0.25) is 14.9 Å². The Hall–Kier alpha value is -2.41. The summed E-state index contributed by atoms with van der Waals surface area (Å²) in [7, 11) is 2.90. The summed E-state index contributed by atoms with van der Waals surface area (Å²) in [6.07, 6.45) is 0.00727. The van der Waals surface area contributed by atoms with E-state index in [-0.39, 0.29) is 12.5 Å². The summed E-state index contributed by atoms with van der Waals surface area (Å²) in [5.41, 5.74) is 1.83. The first-order chi connectivity index (χ1) is 10.9. The first-order valence-electron chi connectivity index (χ1n) is 7.47. The Balaban J connectivity index is 2.59. The van der Waals surface area contributed by atoms with E-state index in [1.165, 1.54) is 7.11 Å². The van der Waals surface area contributed by atoms with E-state index in [4.69, 9.17) is 0 Å². The third kappa shape index (κ3) is 5.71. The highest BCUT2D eigenvalue weighted by atomic mass is 16.5. The minimum absolute atomic E-state index is 0.105. The molecule has 0 fully saturated rings. The molecule has 0 aliphatic carbocycles. The van der Waals surface area contributed by atoms with Gasteiger partial charge in [-0.1, -0.05) is 25.1 Å². The van der Waals surface area contributed by atoms with Crippen LogP contribution >= 0.6 is 0 Å². The van der Waals surface area contributed by atoms with E-state index in [0.717, 1.165) is 17.7 Å². The first kappa shape index (κ1) is 18.6. The molecule has 0 bridgehead atoms. The molecule has 1 aromatic carbocycles. The number of benzene rings is 1. The van der Waals surface area contributed by atoms with Gasteiger partial charge in [-0.15, -0.1) is 0 Å². The zero-order valence-corrected chi connectivity index (χ0v) is 13.9. The van der Waals surface area contributed by atoms with Crippen molar-refractivity contribution in [3.8, 4) is 0 Å². The van der Waals surface area contributed by atoms with E-state index in [1.807, 2.05) is 31.2 Å². The van der Waals surface area contributed by atoms with E-state index in [9.17, 15) is 14.4 Å². The summed E-state index contributed by atoms with van der Waals surface area (Å²) in [6.45, 7) is 3.76. The quantitative estimate of drug-likeness (QED) is 0.686. The Labute approximate surface area is 136 Å². The van der Waals surface area contributed by atoms with Crippen LogP contribution in [0.2, 0.25) is 0 Å². The Bertz CT molecular complexity index is 574. The molecule has 23 heavy (non-hydrogen) atoms. The smallest absolute Gasteiger partial charge is 0.413 e. The molecule has 1 rings (SSSR count). The maximum Gasteiger partial charge on any atom is 0.413 e. The molecule has 0 saturated heterocycles. The number of anilines is 1. The summed E-state index contributed by atoms with van der Waals surface area (Å²) < 4.78 is 4.38. The molecule has 3 amide bonds. The molecule has 0 saturated carbocycles. The van der Waals surface area contributed by atoms with E-state index in [1.54, 1.807) is 14.0 Å². The molecule has 0 aliphatic rings. The van der Waals surface area contributed by atoms with Crippen LogP contribution in [0.3, 0.4) is 0 Å². The average Bonchev–Trinajstić information content (AvgIpc) is 2.54. The summed E-state index contributed by atoms with van der Waals surface area (Å²) in [6, 6.07) is 7.02. The normalized spacial score (nSPS) is 12.9. The van der Waals surface area contributed by atoms with Crippen molar-refractivity contribution >= 4 is 23.6 Å². The third-order valence-electron chi connectivity index (χ3n) is 3.65. The molecular formula is C16H24N3O4+. The SMILES string of the molecule is CCc1ccccc1NC(=O)C[NH+](C)[C@@H](C)C(=O)NC(=O)OC. The van der Waals surface area contributed by atoms with Crippen LogP contribution in [0.25, 0.3) is 0 Å². The Kier molecular flexibility index (Phi) is 7.21. The molecule has 1 aromatic rings. The number of carbonyl (C=O) groups excluding carboxylic acids is 3. The topological polar surface area (TPSA) is 88.9 Å². The largest absolute Gasteiger partial charge is 0.453 e. The van der Waals surface area contributed by atoms with Gasteiger partial charge in [0.15, 0.2) is 12.6 Å². The highest BCUT2D eigenvalue weighted by Crippen LogP contribution is 2.14. The van der Waals surface area contributed by atoms with E-state index >= 15 is 0 Å². The van der Waals surface area contributed by atoms with Crippen molar-refractivity contribution in [3.63, 3.8) is 0 Å². The molecule has 0 heterocycles. The zero-order valence-electron chi connectivity index (χ0n) is 13.9. The van der Waals surface area contributed by atoms with Gasteiger partial charge in [0.05, 0.1) is 14.2 Å². The van der Waals surface area contributed by atoms with Crippen LogP contribution in [0.4, 0.5) is 10.5 Å². The lowest BCUT2D eigenvalue weighted by Crippen LogP contribution is -3.15. The highest BCUT2D eigenvalue weighted by molar-refractivity contribution is 5.94. The second-order valence-corrected chi connectivity index (χ2v) is 5.28. The molecule has 7 nitrogen and oxygen atoms in total. The van der Waals surface area contributed by atoms with Crippen molar-refractivity contribution < 1.29 is 24.0 Å². The number of quaternary nitrogens is 1. The fourth-order valence-electron chi connectivity index (χ4n) is 2.03. The Morgan fingerprint density at radius 3 is 2.52 bits per heavy atom. The molecule has 0 aromatic heterocycles. The Morgan fingerprint density at radius 1 is 1.26 bits per heavy atom. The number of amides is 3. The van der Waals surface area contributed by atoms with Crippen LogP contribution in [-0.4, -0.2) is 44.7 Å². The van der Waals surface area contributed by atoms with E-state index in [2.05, 4.69) is 15.4 Å². The molecule has 126 valence electrons.